The minimum Gasteiger partial charge on any atom is -0.283 e. The molecule has 86 valence electrons. The molecule has 0 atom stereocenters. The summed E-state index contributed by atoms with van der Waals surface area (Å²) >= 11 is 0. The molecule has 0 unspecified atom stereocenters. The van der Waals surface area contributed by atoms with Crippen LogP contribution < -0.4 is 5.49 Å². The van der Waals surface area contributed by atoms with Gasteiger partial charge in [0.15, 0.2) is 0 Å². The molecule has 2 rings (SSSR count). The molecule has 0 radical (unpaired) electrons. The molecule has 1 aromatic carbocycles. The van der Waals surface area contributed by atoms with E-state index in [0.717, 1.165) is 25.0 Å². The Balaban J connectivity index is 1.93. The van der Waals surface area contributed by atoms with Gasteiger partial charge >= 0.3 is 0 Å². The number of hydrogen-bond donors (Lipinski definition) is 1. The first kappa shape index (κ1) is 11.5. The number of hydrogen-bond acceptors (Lipinski definition) is 2. The van der Waals surface area contributed by atoms with Gasteiger partial charge in [0, 0.05) is 5.69 Å². The molecular weight excluding hydrogens is 208 g/mol. The predicted octanol–water partition coefficient (Wildman–Crippen LogP) is 2.74. The average Bonchev–Trinajstić information content (AvgIpc) is 2.55. The maximum absolute atomic E-state index is 7.54. The molecule has 0 fully saturated rings. The third-order valence-corrected chi connectivity index (χ3v) is 2.66. The third-order valence-electron chi connectivity index (χ3n) is 2.66. The smallest absolute Gasteiger partial charge is 0.144 e. The molecule has 1 N–H and O–H groups in total. The first-order valence-electron chi connectivity index (χ1n) is 5.89. The van der Waals surface area contributed by atoms with E-state index in [0.29, 0.717) is 5.49 Å². The average molecular weight is 224 g/mol. The Morgan fingerprint density at radius 1 is 0.824 bits per heavy atom. The van der Waals surface area contributed by atoms with Crippen LogP contribution in [0, 0.1) is 5.41 Å². The van der Waals surface area contributed by atoms with Crippen molar-refractivity contribution in [3.05, 3.63) is 71.3 Å². The quantitative estimate of drug-likeness (QED) is 0.851. The van der Waals surface area contributed by atoms with Crippen molar-refractivity contribution in [3.8, 4) is 0 Å². The molecule has 0 saturated heterocycles. The molecule has 0 aliphatic rings. The summed E-state index contributed by atoms with van der Waals surface area (Å²) in [6.45, 7) is 0. The zero-order valence-corrected chi connectivity index (χ0v) is 9.76. The lowest BCUT2D eigenvalue weighted by Crippen LogP contribution is -2.03. The fourth-order valence-electron chi connectivity index (χ4n) is 1.80. The zero-order chi connectivity index (χ0) is 11.9. The number of aromatic nitrogens is 1. The Morgan fingerprint density at radius 2 is 1.53 bits per heavy atom. The van der Waals surface area contributed by atoms with Crippen LogP contribution in [-0.4, -0.2) is 4.98 Å². The van der Waals surface area contributed by atoms with Crippen molar-refractivity contribution < 1.29 is 0 Å². The second-order valence-electron chi connectivity index (χ2n) is 4.05. The van der Waals surface area contributed by atoms with Crippen LogP contribution in [0.2, 0.25) is 0 Å². The highest BCUT2D eigenvalue weighted by Crippen LogP contribution is 2.05. The zero-order valence-electron chi connectivity index (χ0n) is 9.76. The van der Waals surface area contributed by atoms with E-state index in [9.17, 15) is 0 Å². The Bertz CT molecular complexity index is 520. The summed E-state index contributed by atoms with van der Waals surface area (Å²) in [4.78, 5) is 4.23. The largest absolute Gasteiger partial charge is 0.283 e. The number of rotatable bonds is 4. The summed E-state index contributed by atoms with van der Waals surface area (Å²) in [7, 11) is 0. The minimum atomic E-state index is 0.338. The fraction of sp³-hybridized carbons (Fsp3) is 0.200. The van der Waals surface area contributed by atoms with E-state index in [2.05, 4.69) is 29.2 Å². The van der Waals surface area contributed by atoms with Gasteiger partial charge in [-0.15, -0.1) is 0 Å². The maximum atomic E-state index is 7.54. The predicted molar refractivity (Wildman–Crippen MR) is 68.6 cm³/mol. The van der Waals surface area contributed by atoms with Crippen molar-refractivity contribution in [2.45, 2.75) is 19.3 Å². The van der Waals surface area contributed by atoms with Crippen LogP contribution in [0.4, 0.5) is 0 Å². The normalized spacial score (nSPS) is 10.1. The maximum Gasteiger partial charge on any atom is 0.144 e. The third kappa shape index (κ3) is 3.83. The fourth-order valence-corrected chi connectivity index (χ4v) is 1.80. The summed E-state index contributed by atoms with van der Waals surface area (Å²) < 4.78 is 0. The van der Waals surface area contributed by atoms with Gasteiger partial charge in [0.25, 0.3) is 0 Å². The molecule has 2 aromatic rings. The van der Waals surface area contributed by atoms with Crippen LogP contribution in [0.5, 0.6) is 0 Å². The summed E-state index contributed by atoms with van der Waals surface area (Å²) in [5, 5.41) is 7.54. The molecular formula is C15H16N2. The Labute approximate surface area is 101 Å². The summed E-state index contributed by atoms with van der Waals surface area (Å²) in [6.07, 6.45) is 3.06. The van der Waals surface area contributed by atoms with Crippen molar-refractivity contribution in [3.63, 3.8) is 0 Å². The van der Waals surface area contributed by atoms with Crippen molar-refractivity contribution in [2.75, 3.05) is 0 Å². The molecule has 0 aliphatic carbocycles. The molecule has 0 spiro atoms. The summed E-state index contributed by atoms with van der Waals surface area (Å²) in [6, 6.07) is 18.0. The van der Waals surface area contributed by atoms with E-state index in [1.807, 2.05) is 24.3 Å². The first-order valence-corrected chi connectivity index (χ1v) is 5.89. The SMILES string of the molecule is N=c1ccccc(CCCc2ccccc2)n1. The molecule has 1 heterocycles. The molecule has 2 heteroatoms. The highest BCUT2D eigenvalue weighted by atomic mass is 14.7. The number of benzene rings is 1. The minimum absolute atomic E-state index is 0.338. The van der Waals surface area contributed by atoms with Gasteiger partial charge in [-0.25, -0.2) is 4.98 Å². The van der Waals surface area contributed by atoms with E-state index in [-0.39, 0.29) is 0 Å². The van der Waals surface area contributed by atoms with Gasteiger partial charge in [-0.3, -0.25) is 5.41 Å². The number of nitrogens with one attached hydrogen (secondary N) is 1. The molecule has 0 aliphatic heterocycles. The summed E-state index contributed by atoms with van der Waals surface area (Å²) in [5.74, 6) is 0. The lowest BCUT2D eigenvalue weighted by Gasteiger charge is -1.99. The monoisotopic (exact) mass is 224 g/mol. The highest BCUT2D eigenvalue weighted by molar-refractivity contribution is 5.15. The van der Waals surface area contributed by atoms with Gasteiger partial charge in [0.05, 0.1) is 0 Å². The van der Waals surface area contributed by atoms with Crippen molar-refractivity contribution in [1.29, 1.82) is 5.41 Å². The van der Waals surface area contributed by atoms with Crippen LogP contribution in [0.15, 0.2) is 54.6 Å². The van der Waals surface area contributed by atoms with Gasteiger partial charge in [0.1, 0.15) is 5.49 Å². The van der Waals surface area contributed by atoms with Crippen LogP contribution in [0.1, 0.15) is 17.7 Å². The molecule has 17 heavy (non-hydrogen) atoms. The first-order chi connectivity index (χ1) is 8.34. The Kier molecular flexibility index (Phi) is 4.03. The second kappa shape index (κ2) is 5.94. The Morgan fingerprint density at radius 3 is 2.35 bits per heavy atom. The van der Waals surface area contributed by atoms with E-state index in [1.165, 1.54) is 5.56 Å². The lowest BCUT2D eigenvalue weighted by atomic mass is 10.1. The number of aryl methyl sites for hydroxylation is 2. The van der Waals surface area contributed by atoms with E-state index >= 15 is 0 Å². The standard InChI is InChI=1S/C15H16N2/c16-15-12-5-4-10-14(17-15)11-6-9-13-7-2-1-3-8-13/h1-5,7-8,10,12,16H,6,9,11H2. The lowest BCUT2D eigenvalue weighted by molar-refractivity contribution is 0.794. The van der Waals surface area contributed by atoms with E-state index < -0.39 is 0 Å². The molecule has 0 saturated carbocycles. The van der Waals surface area contributed by atoms with Crippen molar-refractivity contribution in [2.24, 2.45) is 0 Å². The number of nitrogens with zero attached hydrogens (tertiary/aromatic N) is 1. The van der Waals surface area contributed by atoms with Crippen LogP contribution in [0.3, 0.4) is 0 Å². The topological polar surface area (TPSA) is 36.7 Å². The molecule has 2 nitrogen and oxygen atoms in total. The second-order valence-corrected chi connectivity index (χ2v) is 4.05. The van der Waals surface area contributed by atoms with E-state index in [1.54, 1.807) is 6.07 Å². The van der Waals surface area contributed by atoms with Crippen molar-refractivity contribution >= 4 is 0 Å². The Hall–Kier alpha value is -1.96. The van der Waals surface area contributed by atoms with Crippen LogP contribution >= 0.6 is 0 Å². The molecule has 0 amide bonds. The van der Waals surface area contributed by atoms with Gasteiger partial charge in [-0.2, -0.15) is 0 Å². The molecule has 0 bridgehead atoms. The van der Waals surface area contributed by atoms with E-state index in [4.69, 9.17) is 5.41 Å². The van der Waals surface area contributed by atoms with Gasteiger partial charge in [-0.1, -0.05) is 42.5 Å². The van der Waals surface area contributed by atoms with Gasteiger partial charge in [-0.05, 0) is 37.0 Å². The van der Waals surface area contributed by atoms with Crippen LogP contribution in [-0.2, 0) is 12.8 Å². The van der Waals surface area contributed by atoms with Gasteiger partial charge in [0.2, 0.25) is 0 Å². The van der Waals surface area contributed by atoms with Crippen LogP contribution in [0.25, 0.3) is 0 Å². The van der Waals surface area contributed by atoms with Gasteiger partial charge < -0.3 is 0 Å². The highest BCUT2D eigenvalue weighted by Gasteiger charge is 1.95. The molecule has 1 aromatic heterocycles. The summed E-state index contributed by atoms with van der Waals surface area (Å²) in [5.41, 5.74) is 2.69. The van der Waals surface area contributed by atoms with Crippen molar-refractivity contribution in [1.82, 2.24) is 4.98 Å².